The van der Waals surface area contributed by atoms with Crippen LogP contribution in [0.4, 0.5) is 0 Å². The van der Waals surface area contributed by atoms with E-state index in [4.69, 9.17) is 9.84 Å². The Morgan fingerprint density at radius 1 is 0.875 bits per heavy atom. The third-order valence-corrected chi connectivity index (χ3v) is 4.38. The smallest absolute Gasteiger partial charge is 0.332 e. The van der Waals surface area contributed by atoms with Crippen molar-refractivity contribution >= 4 is 12.3 Å². The number of hydrogen-bond acceptors (Lipinski definition) is 3. The number of carbonyl (C=O) groups is 2. The molecule has 1 N–H and O–H groups in total. The van der Waals surface area contributed by atoms with Crippen LogP contribution in [0.15, 0.2) is 0 Å². The molecule has 0 aromatic rings. The van der Waals surface area contributed by atoms with Gasteiger partial charge >= 0.3 is 5.97 Å². The van der Waals surface area contributed by atoms with E-state index in [2.05, 4.69) is 6.92 Å². The monoisotopic (exact) mass is 342 g/mol. The molecule has 4 heteroatoms. The minimum atomic E-state index is -0.820. The molecule has 1 atom stereocenters. The molecule has 4 nitrogen and oxygen atoms in total. The zero-order valence-corrected chi connectivity index (χ0v) is 15.6. The molecular weight excluding hydrogens is 304 g/mol. The summed E-state index contributed by atoms with van der Waals surface area (Å²) < 4.78 is 5.43. The van der Waals surface area contributed by atoms with Gasteiger partial charge in [0.15, 0.2) is 6.10 Å². The zero-order chi connectivity index (χ0) is 17.9. The van der Waals surface area contributed by atoms with Crippen molar-refractivity contribution in [1.82, 2.24) is 0 Å². The van der Waals surface area contributed by atoms with Gasteiger partial charge in [-0.25, -0.2) is 4.79 Å². The van der Waals surface area contributed by atoms with Crippen LogP contribution in [0.25, 0.3) is 0 Å². The van der Waals surface area contributed by atoms with Crippen molar-refractivity contribution in [2.45, 2.75) is 109 Å². The second-order valence-electron chi connectivity index (χ2n) is 6.68. The number of unbranched alkanes of at least 4 members (excludes halogenated alkanes) is 12. The van der Waals surface area contributed by atoms with Gasteiger partial charge in [-0.2, -0.15) is 0 Å². The molecule has 0 radical (unpaired) electrons. The molecule has 0 aromatic carbocycles. The first-order valence-electron chi connectivity index (χ1n) is 10.0. The average Bonchev–Trinajstić information content (AvgIpc) is 2.57. The van der Waals surface area contributed by atoms with Gasteiger partial charge in [-0.15, -0.1) is 0 Å². The van der Waals surface area contributed by atoms with Crippen LogP contribution in [0.2, 0.25) is 0 Å². The first kappa shape index (κ1) is 23.1. The lowest BCUT2D eigenvalue weighted by molar-refractivity contribution is -0.151. The van der Waals surface area contributed by atoms with Crippen molar-refractivity contribution < 1.29 is 19.4 Å². The molecule has 0 aliphatic rings. The standard InChI is InChI=1S/C20H38O4/c1-2-3-18-24-19(20(22)23)16-14-12-10-8-6-4-5-7-9-11-13-15-17-21/h17,19H,2-16,18H2,1H3,(H,22,23). The van der Waals surface area contributed by atoms with Gasteiger partial charge in [0.2, 0.25) is 0 Å². The molecule has 0 fully saturated rings. The fourth-order valence-electron chi connectivity index (χ4n) is 2.80. The molecule has 24 heavy (non-hydrogen) atoms. The summed E-state index contributed by atoms with van der Waals surface area (Å²) in [4.78, 5) is 21.3. The van der Waals surface area contributed by atoms with Gasteiger partial charge < -0.3 is 14.6 Å². The van der Waals surface area contributed by atoms with Gasteiger partial charge in [0, 0.05) is 13.0 Å². The van der Waals surface area contributed by atoms with Crippen molar-refractivity contribution in [3.63, 3.8) is 0 Å². The number of ether oxygens (including phenoxy) is 1. The van der Waals surface area contributed by atoms with Crippen molar-refractivity contribution in [3.05, 3.63) is 0 Å². The Hall–Kier alpha value is -0.900. The number of carboxylic acids is 1. The Morgan fingerprint density at radius 2 is 1.38 bits per heavy atom. The number of hydrogen-bond donors (Lipinski definition) is 1. The lowest BCUT2D eigenvalue weighted by Crippen LogP contribution is -2.24. The summed E-state index contributed by atoms with van der Waals surface area (Å²) in [6.07, 6.45) is 16.9. The highest BCUT2D eigenvalue weighted by Crippen LogP contribution is 2.14. The van der Waals surface area contributed by atoms with Gasteiger partial charge in [-0.3, -0.25) is 0 Å². The molecule has 0 aliphatic heterocycles. The highest BCUT2D eigenvalue weighted by molar-refractivity contribution is 5.72. The number of rotatable bonds is 19. The predicted octanol–water partition coefficient (Wildman–Crippen LogP) is 5.53. The Labute approximate surface area is 148 Å². The topological polar surface area (TPSA) is 63.6 Å². The maximum Gasteiger partial charge on any atom is 0.332 e. The van der Waals surface area contributed by atoms with Gasteiger partial charge in [-0.1, -0.05) is 77.6 Å². The number of aldehydes is 1. The first-order chi connectivity index (χ1) is 11.7. The van der Waals surface area contributed by atoms with Crippen LogP contribution in [0.5, 0.6) is 0 Å². The van der Waals surface area contributed by atoms with E-state index >= 15 is 0 Å². The van der Waals surface area contributed by atoms with Crippen molar-refractivity contribution in [2.24, 2.45) is 0 Å². The fourth-order valence-corrected chi connectivity index (χ4v) is 2.80. The van der Waals surface area contributed by atoms with E-state index in [9.17, 15) is 9.59 Å². The van der Waals surface area contributed by atoms with Crippen molar-refractivity contribution in [2.75, 3.05) is 6.61 Å². The number of carboxylic acid groups (broad SMARTS) is 1. The van der Waals surface area contributed by atoms with E-state index in [1.54, 1.807) is 0 Å². The molecule has 0 aliphatic carbocycles. The molecule has 0 saturated heterocycles. The molecule has 142 valence electrons. The maximum absolute atomic E-state index is 11.1. The molecule has 0 rings (SSSR count). The van der Waals surface area contributed by atoms with Crippen LogP contribution in [-0.2, 0) is 14.3 Å². The summed E-state index contributed by atoms with van der Waals surface area (Å²) in [5.74, 6) is -0.820. The van der Waals surface area contributed by atoms with E-state index in [0.717, 1.165) is 38.4 Å². The molecule has 0 aromatic heterocycles. The second kappa shape index (κ2) is 18.4. The fraction of sp³-hybridized carbons (Fsp3) is 0.900. The second-order valence-corrected chi connectivity index (χ2v) is 6.68. The summed E-state index contributed by atoms with van der Waals surface area (Å²) in [5, 5.41) is 9.12. The Balaban J connectivity index is 3.33. The Morgan fingerprint density at radius 3 is 1.83 bits per heavy atom. The van der Waals surface area contributed by atoms with Crippen LogP contribution >= 0.6 is 0 Å². The van der Waals surface area contributed by atoms with E-state index in [0.29, 0.717) is 19.4 Å². The maximum atomic E-state index is 11.1. The third-order valence-electron chi connectivity index (χ3n) is 4.38. The Kier molecular flexibility index (Phi) is 17.7. The van der Waals surface area contributed by atoms with Crippen LogP contribution in [0.3, 0.4) is 0 Å². The highest BCUT2D eigenvalue weighted by atomic mass is 16.5. The quantitative estimate of drug-likeness (QED) is 0.248. The Bertz CT molecular complexity index is 291. The van der Waals surface area contributed by atoms with E-state index in [1.807, 2.05) is 0 Å². The highest BCUT2D eigenvalue weighted by Gasteiger charge is 2.16. The number of carbonyl (C=O) groups excluding carboxylic acids is 1. The van der Waals surface area contributed by atoms with Crippen molar-refractivity contribution in [1.29, 1.82) is 0 Å². The average molecular weight is 343 g/mol. The molecular formula is C20H38O4. The van der Waals surface area contributed by atoms with Gasteiger partial charge in [0.25, 0.3) is 0 Å². The van der Waals surface area contributed by atoms with E-state index in [-0.39, 0.29) is 0 Å². The van der Waals surface area contributed by atoms with Crippen LogP contribution in [0.1, 0.15) is 103 Å². The first-order valence-corrected chi connectivity index (χ1v) is 10.0. The van der Waals surface area contributed by atoms with Gasteiger partial charge in [0.1, 0.15) is 6.29 Å². The molecule has 0 bridgehead atoms. The normalized spacial score (nSPS) is 12.2. The van der Waals surface area contributed by atoms with Crippen LogP contribution in [0, 0.1) is 0 Å². The van der Waals surface area contributed by atoms with E-state index < -0.39 is 12.1 Å². The molecule has 0 amide bonds. The van der Waals surface area contributed by atoms with E-state index in [1.165, 1.54) is 51.4 Å². The summed E-state index contributed by atoms with van der Waals surface area (Å²) in [7, 11) is 0. The third kappa shape index (κ3) is 16.0. The summed E-state index contributed by atoms with van der Waals surface area (Å²) in [6, 6.07) is 0. The molecule has 0 heterocycles. The predicted molar refractivity (Wildman–Crippen MR) is 98.4 cm³/mol. The summed E-state index contributed by atoms with van der Waals surface area (Å²) in [5.41, 5.74) is 0. The summed E-state index contributed by atoms with van der Waals surface area (Å²) >= 11 is 0. The molecule has 1 unspecified atom stereocenters. The number of aliphatic carboxylic acids is 1. The van der Waals surface area contributed by atoms with Crippen molar-refractivity contribution in [3.8, 4) is 0 Å². The minimum absolute atomic E-state index is 0.558. The van der Waals surface area contributed by atoms with Gasteiger partial charge in [0.05, 0.1) is 0 Å². The summed E-state index contributed by atoms with van der Waals surface area (Å²) in [6.45, 7) is 2.63. The largest absolute Gasteiger partial charge is 0.479 e. The molecule has 0 saturated carbocycles. The van der Waals surface area contributed by atoms with Crippen LogP contribution < -0.4 is 0 Å². The minimum Gasteiger partial charge on any atom is -0.479 e. The zero-order valence-electron chi connectivity index (χ0n) is 15.6. The lowest BCUT2D eigenvalue weighted by atomic mass is 10.0. The van der Waals surface area contributed by atoms with Crippen LogP contribution in [-0.4, -0.2) is 30.1 Å². The SMILES string of the molecule is CCCCOC(CCCCCCCCCCCCCC=O)C(=O)O. The van der Waals surface area contributed by atoms with Gasteiger partial charge in [-0.05, 0) is 19.3 Å². The lowest BCUT2D eigenvalue weighted by Gasteiger charge is -2.13. The molecule has 0 spiro atoms.